The molecule has 8 heteroatoms. The molecule has 3 N–H and O–H groups in total. The van der Waals surface area contributed by atoms with Crippen LogP contribution in [0.25, 0.3) is 5.82 Å². The van der Waals surface area contributed by atoms with Crippen LogP contribution in [0.1, 0.15) is 11.6 Å². The van der Waals surface area contributed by atoms with Gasteiger partial charge < -0.3 is 11.1 Å². The third-order valence-corrected chi connectivity index (χ3v) is 3.35. The highest BCUT2D eigenvalue weighted by Crippen LogP contribution is 2.36. The molecule has 0 aliphatic carbocycles. The summed E-state index contributed by atoms with van der Waals surface area (Å²) in [5, 5.41) is 16.3. The van der Waals surface area contributed by atoms with Crippen molar-refractivity contribution in [1.82, 2.24) is 14.8 Å². The Morgan fingerprint density at radius 3 is 3.00 bits per heavy atom. The maximum absolute atomic E-state index is 14.0. The van der Waals surface area contributed by atoms with E-state index >= 15 is 0 Å². The van der Waals surface area contributed by atoms with Crippen molar-refractivity contribution < 1.29 is 4.39 Å². The summed E-state index contributed by atoms with van der Waals surface area (Å²) < 4.78 is 15.3. The lowest BCUT2D eigenvalue weighted by atomic mass is 9.97. The number of anilines is 1. The van der Waals surface area contributed by atoms with Crippen LogP contribution in [0.2, 0.25) is 5.02 Å². The summed E-state index contributed by atoms with van der Waals surface area (Å²) in [5.41, 5.74) is 6.18. The summed E-state index contributed by atoms with van der Waals surface area (Å²) in [4.78, 5) is 3.96. The number of nitrogens with zero attached hydrogens (tertiary/aromatic N) is 4. The number of nitrogens with two attached hydrogens (primary N) is 1. The maximum atomic E-state index is 14.0. The maximum Gasteiger partial charge on any atom is 0.228 e. The highest BCUT2D eigenvalue weighted by molar-refractivity contribution is 6.31. The second-order valence-electron chi connectivity index (χ2n) is 4.12. The summed E-state index contributed by atoms with van der Waals surface area (Å²) in [7, 11) is 0. The number of hydrogen-bond donors (Lipinski definition) is 2. The van der Waals surface area contributed by atoms with Crippen LogP contribution < -0.4 is 11.1 Å². The summed E-state index contributed by atoms with van der Waals surface area (Å²) in [6.07, 6.45) is 1.29. The molecular formula is C12H8ClFN6. The minimum atomic E-state index is -0.801. The first-order valence-corrected chi connectivity index (χ1v) is 6.02. The predicted molar refractivity (Wildman–Crippen MR) is 70.8 cm³/mol. The lowest BCUT2D eigenvalue weighted by molar-refractivity contribution is 0.602. The molecule has 1 aromatic carbocycles. The second kappa shape index (κ2) is 4.51. The normalized spacial score (nSPS) is 17.4. The summed E-state index contributed by atoms with van der Waals surface area (Å²) >= 11 is 6.04. The van der Waals surface area contributed by atoms with E-state index in [4.69, 9.17) is 17.3 Å². The van der Waals surface area contributed by atoms with Crippen LogP contribution in [0.15, 0.2) is 30.1 Å². The molecular weight excluding hydrogens is 283 g/mol. The molecule has 0 saturated heterocycles. The van der Waals surface area contributed by atoms with Gasteiger partial charge in [-0.25, -0.2) is 4.39 Å². The van der Waals surface area contributed by atoms with Crippen molar-refractivity contribution in [2.45, 2.75) is 6.04 Å². The van der Waals surface area contributed by atoms with E-state index in [1.54, 1.807) is 6.07 Å². The molecule has 0 amide bonds. The van der Waals surface area contributed by atoms with E-state index in [9.17, 15) is 9.65 Å². The molecule has 1 aliphatic heterocycles. The fourth-order valence-electron chi connectivity index (χ4n) is 2.10. The number of hydrogen-bond acceptors (Lipinski definition) is 5. The minimum absolute atomic E-state index is 0.100. The van der Waals surface area contributed by atoms with Gasteiger partial charge in [-0.3, -0.25) is 0 Å². The molecule has 1 atom stereocenters. The van der Waals surface area contributed by atoms with Crippen molar-refractivity contribution in [1.29, 1.82) is 5.26 Å². The van der Waals surface area contributed by atoms with E-state index in [1.165, 1.54) is 23.1 Å². The lowest BCUT2D eigenvalue weighted by Crippen LogP contribution is -2.27. The Morgan fingerprint density at radius 2 is 2.30 bits per heavy atom. The molecule has 6 nitrogen and oxygen atoms in total. The summed E-state index contributed by atoms with van der Waals surface area (Å²) in [5.74, 6) is -0.0996. The highest BCUT2D eigenvalue weighted by atomic mass is 35.5. The number of nitriles is 1. The van der Waals surface area contributed by atoms with Crippen LogP contribution in [0.3, 0.4) is 0 Å². The van der Waals surface area contributed by atoms with Crippen molar-refractivity contribution >= 4 is 23.4 Å². The molecule has 3 rings (SSSR count). The zero-order valence-electron chi connectivity index (χ0n) is 10.0. The van der Waals surface area contributed by atoms with E-state index in [-0.39, 0.29) is 22.0 Å². The van der Waals surface area contributed by atoms with Crippen molar-refractivity contribution in [3.05, 3.63) is 46.5 Å². The van der Waals surface area contributed by atoms with Crippen LogP contribution >= 0.6 is 11.6 Å². The van der Waals surface area contributed by atoms with E-state index in [2.05, 4.69) is 15.4 Å². The first-order chi connectivity index (χ1) is 9.63. The molecule has 20 heavy (non-hydrogen) atoms. The average Bonchev–Trinajstić information content (AvgIpc) is 2.87. The molecule has 0 bridgehead atoms. The minimum Gasteiger partial charge on any atom is -0.383 e. The van der Waals surface area contributed by atoms with Crippen molar-refractivity contribution in [2.24, 2.45) is 5.73 Å². The van der Waals surface area contributed by atoms with Gasteiger partial charge in [0.2, 0.25) is 5.95 Å². The lowest BCUT2D eigenvalue weighted by Gasteiger charge is -2.26. The number of nitrogens with one attached hydrogen (secondary N) is 1. The van der Waals surface area contributed by atoms with E-state index in [1.807, 2.05) is 6.07 Å². The third kappa shape index (κ3) is 1.70. The Bertz CT molecular complexity index is 739. The molecule has 1 aromatic heterocycles. The van der Waals surface area contributed by atoms with Gasteiger partial charge in [-0.2, -0.15) is 20.0 Å². The van der Waals surface area contributed by atoms with E-state index in [0.29, 0.717) is 5.95 Å². The average molecular weight is 291 g/mol. The Hall–Kier alpha value is -2.59. The largest absolute Gasteiger partial charge is 0.383 e. The SMILES string of the molecule is N#CC1=C(N)n2ncnc2N[C@@H]1c1c(F)cccc1Cl. The van der Waals surface area contributed by atoms with Crippen LogP contribution in [0, 0.1) is 17.1 Å². The number of benzene rings is 1. The third-order valence-electron chi connectivity index (χ3n) is 3.02. The monoisotopic (exact) mass is 290 g/mol. The smallest absolute Gasteiger partial charge is 0.228 e. The van der Waals surface area contributed by atoms with E-state index in [0.717, 1.165) is 0 Å². The molecule has 100 valence electrons. The van der Waals surface area contributed by atoms with Gasteiger partial charge in [-0.05, 0) is 12.1 Å². The van der Waals surface area contributed by atoms with Crippen LogP contribution in [-0.4, -0.2) is 14.8 Å². The van der Waals surface area contributed by atoms with Crippen LogP contribution in [0.5, 0.6) is 0 Å². The van der Waals surface area contributed by atoms with Gasteiger partial charge in [0.05, 0.1) is 11.6 Å². The highest BCUT2D eigenvalue weighted by Gasteiger charge is 2.31. The zero-order valence-corrected chi connectivity index (χ0v) is 10.8. The number of fused-ring (bicyclic) bond motifs is 1. The molecule has 2 aromatic rings. The quantitative estimate of drug-likeness (QED) is 0.836. The van der Waals surface area contributed by atoms with Crippen LogP contribution in [0.4, 0.5) is 10.3 Å². The fourth-order valence-corrected chi connectivity index (χ4v) is 2.38. The molecule has 2 heterocycles. The Balaban J connectivity index is 2.21. The second-order valence-corrected chi connectivity index (χ2v) is 4.53. The van der Waals surface area contributed by atoms with Gasteiger partial charge in [0.15, 0.2) is 0 Å². The fraction of sp³-hybridized carbons (Fsp3) is 0.0833. The summed E-state index contributed by atoms with van der Waals surface area (Å²) in [6.45, 7) is 0. The first kappa shape index (κ1) is 12.4. The number of halogens is 2. The first-order valence-electron chi connectivity index (χ1n) is 5.64. The standard InChI is InChI=1S/C12H8ClFN6/c13-7-2-1-3-8(14)9(7)10-6(4-15)11(16)20-12(19-10)17-5-18-20/h1-3,5,10H,16H2,(H,17,18,19)/t10-/m0/s1. The predicted octanol–water partition coefficient (Wildman–Crippen LogP) is 1.89. The van der Waals surface area contributed by atoms with Gasteiger partial charge >= 0.3 is 0 Å². The topological polar surface area (TPSA) is 92.5 Å². The van der Waals surface area contributed by atoms with Crippen LogP contribution in [-0.2, 0) is 0 Å². The molecule has 0 saturated carbocycles. The van der Waals surface area contributed by atoms with Gasteiger partial charge in [0, 0.05) is 10.6 Å². The van der Waals surface area contributed by atoms with Gasteiger partial charge in [0.25, 0.3) is 0 Å². The number of aromatic nitrogens is 3. The van der Waals surface area contributed by atoms with Crippen molar-refractivity contribution in [3.8, 4) is 6.07 Å². The Kier molecular flexibility index (Phi) is 2.80. The van der Waals surface area contributed by atoms with Gasteiger partial charge in [0.1, 0.15) is 24.0 Å². The number of rotatable bonds is 1. The summed E-state index contributed by atoms with van der Waals surface area (Å²) in [6, 6.07) is 5.48. The van der Waals surface area contributed by atoms with E-state index < -0.39 is 11.9 Å². The van der Waals surface area contributed by atoms with Crippen molar-refractivity contribution in [3.63, 3.8) is 0 Å². The van der Waals surface area contributed by atoms with Gasteiger partial charge in [-0.1, -0.05) is 17.7 Å². The molecule has 0 fully saturated rings. The van der Waals surface area contributed by atoms with Gasteiger partial charge in [-0.15, -0.1) is 0 Å². The molecule has 0 radical (unpaired) electrons. The van der Waals surface area contributed by atoms with Crippen molar-refractivity contribution in [2.75, 3.05) is 5.32 Å². The Labute approximate surface area is 118 Å². The zero-order chi connectivity index (χ0) is 14.3. The molecule has 0 unspecified atom stereocenters. The Morgan fingerprint density at radius 1 is 1.50 bits per heavy atom. The molecule has 0 spiro atoms. The molecule has 1 aliphatic rings.